The molecule has 0 aliphatic rings. The molecule has 3 aromatic carbocycles. The summed E-state index contributed by atoms with van der Waals surface area (Å²) < 4.78 is 0. The standard InChI is InChI=1S/C21H14N4/c22-14-20-21(24-25-23-20)18-9-3-5-15(13-18)11-12-17-8-4-7-16-6-1-2-10-19(16)17/h1-13H,(H,23,24,25)/b12-11+. The number of aromatic nitrogens is 3. The number of hydrogen-bond acceptors (Lipinski definition) is 3. The fourth-order valence-corrected chi connectivity index (χ4v) is 2.88. The van der Waals surface area contributed by atoms with Crippen LogP contribution in [0.2, 0.25) is 0 Å². The fraction of sp³-hybridized carbons (Fsp3) is 0. The summed E-state index contributed by atoms with van der Waals surface area (Å²) in [5, 5.41) is 21.9. The van der Waals surface area contributed by atoms with Crippen LogP contribution < -0.4 is 0 Å². The van der Waals surface area contributed by atoms with E-state index in [1.807, 2.05) is 36.4 Å². The Hall–Kier alpha value is -3.71. The molecule has 1 heterocycles. The van der Waals surface area contributed by atoms with Crippen LogP contribution in [0, 0.1) is 11.3 Å². The third-order valence-electron chi connectivity index (χ3n) is 4.10. The number of hydrogen-bond donors (Lipinski definition) is 1. The van der Waals surface area contributed by atoms with Gasteiger partial charge in [-0.3, -0.25) is 0 Å². The summed E-state index contributed by atoms with van der Waals surface area (Å²) in [5.74, 6) is 0. The lowest BCUT2D eigenvalue weighted by Gasteiger charge is -2.02. The minimum Gasteiger partial charge on any atom is -0.247 e. The van der Waals surface area contributed by atoms with Crippen molar-refractivity contribution in [2.45, 2.75) is 0 Å². The van der Waals surface area contributed by atoms with E-state index in [1.54, 1.807) is 0 Å². The van der Waals surface area contributed by atoms with Crippen LogP contribution in [-0.2, 0) is 0 Å². The van der Waals surface area contributed by atoms with Gasteiger partial charge in [-0.1, -0.05) is 78.0 Å². The van der Waals surface area contributed by atoms with E-state index in [4.69, 9.17) is 5.26 Å². The second-order valence-electron chi connectivity index (χ2n) is 5.67. The highest BCUT2D eigenvalue weighted by Gasteiger charge is 2.08. The smallest absolute Gasteiger partial charge is 0.163 e. The molecule has 1 aromatic heterocycles. The predicted octanol–water partition coefficient (Wildman–Crippen LogP) is 4.67. The van der Waals surface area contributed by atoms with Crippen molar-refractivity contribution < 1.29 is 0 Å². The number of aromatic amines is 1. The minimum atomic E-state index is 0.371. The monoisotopic (exact) mass is 322 g/mol. The van der Waals surface area contributed by atoms with E-state index in [0.717, 1.165) is 11.1 Å². The molecular weight excluding hydrogens is 308 g/mol. The normalized spacial score (nSPS) is 11.0. The molecule has 0 amide bonds. The second-order valence-corrected chi connectivity index (χ2v) is 5.67. The summed E-state index contributed by atoms with van der Waals surface area (Å²) in [6, 6.07) is 24.6. The summed E-state index contributed by atoms with van der Waals surface area (Å²) >= 11 is 0. The Morgan fingerprint density at radius 3 is 2.68 bits per heavy atom. The van der Waals surface area contributed by atoms with Crippen molar-refractivity contribution in [3.8, 4) is 17.3 Å². The number of nitriles is 1. The van der Waals surface area contributed by atoms with E-state index >= 15 is 0 Å². The zero-order valence-corrected chi connectivity index (χ0v) is 13.3. The first kappa shape index (κ1) is 14.9. The Labute approximate surface area is 145 Å². The number of rotatable bonds is 3. The molecule has 4 heteroatoms. The molecule has 4 aromatic rings. The van der Waals surface area contributed by atoms with Crippen molar-refractivity contribution in [3.05, 3.63) is 83.6 Å². The van der Waals surface area contributed by atoms with Gasteiger partial charge in [0.25, 0.3) is 0 Å². The van der Waals surface area contributed by atoms with Crippen LogP contribution in [0.5, 0.6) is 0 Å². The second kappa shape index (κ2) is 6.42. The van der Waals surface area contributed by atoms with Crippen LogP contribution in [0.15, 0.2) is 66.7 Å². The number of nitrogens with zero attached hydrogens (tertiary/aromatic N) is 3. The van der Waals surface area contributed by atoms with Crippen LogP contribution in [0.4, 0.5) is 0 Å². The number of nitrogens with one attached hydrogen (secondary N) is 1. The van der Waals surface area contributed by atoms with Crippen molar-refractivity contribution >= 4 is 22.9 Å². The molecule has 0 saturated heterocycles. The third-order valence-corrected chi connectivity index (χ3v) is 4.10. The van der Waals surface area contributed by atoms with Gasteiger partial charge in [0.05, 0.1) is 0 Å². The first-order valence-corrected chi connectivity index (χ1v) is 7.92. The van der Waals surface area contributed by atoms with Gasteiger partial charge in [-0.25, -0.2) is 5.10 Å². The number of benzene rings is 3. The molecule has 118 valence electrons. The summed E-state index contributed by atoms with van der Waals surface area (Å²) in [4.78, 5) is 0. The zero-order chi connectivity index (χ0) is 17.1. The maximum Gasteiger partial charge on any atom is 0.163 e. The lowest BCUT2D eigenvalue weighted by molar-refractivity contribution is 0.937. The highest BCUT2D eigenvalue weighted by Crippen LogP contribution is 2.23. The maximum absolute atomic E-state index is 9.12. The van der Waals surface area contributed by atoms with E-state index in [2.05, 4.69) is 64.0 Å². The first-order valence-electron chi connectivity index (χ1n) is 7.92. The van der Waals surface area contributed by atoms with Crippen molar-refractivity contribution in [1.29, 1.82) is 5.26 Å². The molecular formula is C21H14N4. The van der Waals surface area contributed by atoms with Crippen molar-refractivity contribution in [2.24, 2.45) is 0 Å². The molecule has 1 N–H and O–H groups in total. The molecule has 25 heavy (non-hydrogen) atoms. The van der Waals surface area contributed by atoms with E-state index in [9.17, 15) is 0 Å². The fourth-order valence-electron chi connectivity index (χ4n) is 2.88. The lowest BCUT2D eigenvalue weighted by atomic mass is 10.0. The predicted molar refractivity (Wildman–Crippen MR) is 99.4 cm³/mol. The molecule has 4 rings (SSSR count). The van der Waals surface area contributed by atoms with Crippen LogP contribution in [-0.4, -0.2) is 15.4 Å². The van der Waals surface area contributed by atoms with Crippen molar-refractivity contribution in [3.63, 3.8) is 0 Å². The Morgan fingerprint density at radius 2 is 1.76 bits per heavy atom. The average molecular weight is 322 g/mol. The molecule has 4 nitrogen and oxygen atoms in total. The van der Waals surface area contributed by atoms with Crippen molar-refractivity contribution in [2.75, 3.05) is 0 Å². The molecule has 0 fully saturated rings. The highest BCUT2D eigenvalue weighted by molar-refractivity contribution is 5.92. The Morgan fingerprint density at radius 1 is 0.920 bits per heavy atom. The van der Waals surface area contributed by atoms with E-state index in [1.165, 1.54) is 16.3 Å². The van der Waals surface area contributed by atoms with Gasteiger partial charge in [-0.15, -0.1) is 5.10 Å². The van der Waals surface area contributed by atoms with Gasteiger partial charge in [-0.2, -0.15) is 5.26 Å². The summed E-state index contributed by atoms with van der Waals surface area (Å²) in [7, 11) is 0. The quantitative estimate of drug-likeness (QED) is 0.558. The third kappa shape index (κ3) is 2.91. The van der Waals surface area contributed by atoms with Crippen LogP contribution in [0.1, 0.15) is 16.8 Å². The van der Waals surface area contributed by atoms with Crippen molar-refractivity contribution in [1.82, 2.24) is 15.4 Å². The molecule has 0 saturated carbocycles. The van der Waals surface area contributed by atoms with Gasteiger partial charge in [0, 0.05) is 5.56 Å². The number of fused-ring (bicyclic) bond motifs is 1. The van der Waals surface area contributed by atoms with Gasteiger partial charge in [0.2, 0.25) is 0 Å². The Balaban J connectivity index is 1.70. The molecule has 0 aliphatic carbocycles. The molecule has 0 atom stereocenters. The van der Waals surface area contributed by atoms with Crippen LogP contribution >= 0.6 is 0 Å². The molecule has 0 aliphatic heterocycles. The molecule has 0 unspecified atom stereocenters. The van der Waals surface area contributed by atoms with Crippen LogP contribution in [0.3, 0.4) is 0 Å². The van der Waals surface area contributed by atoms with Gasteiger partial charge in [0.15, 0.2) is 5.69 Å². The summed E-state index contributed by atoms with van der Waals surface area (Å²) in [6.07, 6.45) is 4.17. The Kier molecular flexibility index (Phi) is 3.82. The summed E-state index contributed by atoms with van der Waals surface area (Å²) in [5.41, 5.74) is 4.02. The lowest BCUT2D eigenvalue weighted by Crippen LogP contribution is -1.84. The summed E-state index contributed by atoms with van der Waals surface area (Å²) in [6.45, 7) is 0. The van der Waals surface area contributed by atoms with Gasteiger partial charge < -0.3 is 0 Å². The first-order chi connectivity index (χ1) is 12.3. The largest absolute Gasteiger partial charge is 0.247 e. The van der Waals surface area contributed by atoms with E-state index in [0.29, 0.717) is 11.4 Å². The molecule has 0 radical (unpaired) electrons. The molecule has 0 spiro atoms. The molecule has 0 bridgehead atoms. The number of H-pyrrole nitrogens is 1. The minimum absolute atomic E-state index is 0.371. The van der Waals surface area contributed by atoms with Crippen LogP contribution in [0.25, 0.3) is 34.2 Å². The Bertz CT molecular complexity index is 1110. The average Bonchev–Trinajstić information content (AvgIpc) is 3.15. The maximum atomic E-state index is 9.12. The van der Waals surface area contributed by atoms with Gasteiger partial charge in [0.1, 0.15) is 11.8 Å². The zero-order valence-electron chi connectivity index (χ0n) is 13.3. The van der Waals surface area contributed by atoms with Gasteiger partial charge in [-0.05, 0) is 28.0 Å². The SMILES string of the molecule is N#Cc1[nH]nnc1-c1cccc(/C=C/c2cccc3ccccc23)c1. The van der Waals surface area contributed by atoms with E-state index in [-0.39, 0.29) is 0 Å². The van der Waals surface area contributed by atoms with E-state index < -0.39 is 0 Å². The highest BCUT2D eigenvalue weighted by atomic mass is 15.3. The topological polar surface area (TPSA) is 65.4 Å². The van der Waals surface area contributed by atoms with Gasteiger partial charge >= 0.3 is 0 Å².